The molecular formula is C77H72N2. The van der Waals surface area contributed by atoms with Gasteiger partial charge in [0.15, 0.2) is 0 Å². The number of nitrogens with zero attached hydrogens (tertiary/aromatic N) is 2. The number of benzene rings is 12. The molecule has 0 aliphatic heterocycles. The van der Waals surface area contributed by atoms with Crippen molar-refractivity contribution < 1.29 is 0 Å². The molecule has 2 nitrogen and oxygen atoms in total. The highest BCUT2D eigenvalue weighted by Crippen LogP contribution is 2.54. The number of hydrogen-bond acceptors (Lipinski definition) is 2. The predicted molar refractivity (Wildman–Crippen MR) is 344 cm³/mol. The summed E-state index contributed by atoms with van der Waals surface area (Å²) in [5.41, 5.74) is 22.8. The molecular weight excluding hydrogens is 953 g/mol. The molecule has 0 N–H and O–H groups in total. The Kier molecular flexibility index (Phi) is 11.4. The van der Waals surface area contributed by atoms with Crippen LogP contribution in [0, 0.1) is 41.5 Å². The summed E-state index contributed by atoms with van der Waals surface area (Å²) in [5, 5.41) is 15.4. The van der Waals surface area contributed by atoms with Gasteiger partial charge in [0.1, 0.15) is 0 Å². The van der Waals surface area contributed by atoms with Crippen LogP contribution in [0.1, 0.15) is 111 Å². The molecule has 0 saturated heterocycles. The fraction of sp³-hybridized carbons (Fsp3) is 0.221. The molecule has 0 fully saturated rings. The summed E-state index contributed by atoms with van der Waals surface area (Å²) in [4.78, 5) is 4.91. The van der Waals surface area contributed by atoms with Crippen molar-refractivity contribution in [1.82, 2.24) is 0 Å². The van der Waals surface area contributed by atoms with Crippen LogP contribution in [0.5, 0.6) is 0 Å². The zero-order valence-electron chi connectivity index (χ0n) is 48.7. The first-order valence-electron chi connectivity index (χ1n) is 28.5. The molecule has 390 valence electrons. The minimum absolute atomic E-state index is 0.0584. The van der Waals surface area contributed by atoms with Crippen LogP contribution in [0.3, 0.4) is 0 Å². The Labute approximate surface area is 468 Å². The summed E-state index contributed by atoms with van der Waals surface area (Å²) < 4.78 is 0. The molecule has 0 amide bonds. The lowest BCUT2D eigenvalue weighted by molar-refractivity contribution is 0.590. The van der Waals surface area contributed by atoms with E-state index >= 15 is 0 Å². The monoisotopic (exact) mass is 1020 g/mol. The third-order valence-corrected chi connectivity index (χ3v) is 18.4. The van der Waals surface area contributed by atoms with Crippen molar-refractivity contribution in [2.75, 3.05) is 9.80 Å². The maximum atomic E-state index is 2.56. The van der Waals surface area contributed by atoms with Gasteiger partial charge < -0.3 is 9.80 Å². The van der Waals surface area contributed by atoms with Crippen LogP contribution in [-0.2, 0) is 16.2 Å². The Bertz CT molecular complexity index is 4350. The van der Waals surface area contributed by atoms with Gasteiger partial charge in [-0.2, -0.15) is 0 Å². The molecule has 0 heterocycles. The standard InChI is InChI=1S/C77H72N2/c1-45-35-57(36-46(2)49(45)5)79(58-37-47(3)50(6)48(4)38-58)56-32-34-64-66(40-56)60-20-16-18-22-62(60)68-42-72-71-41-67-61-21-17-15-19-59(61)65-39-55(31-33-63(65)69(67)43-73(71)77(13,14)74(72)44-70(64)68)78(53-27-23-51(24-28-53)75(7,8)9)54-29-25-52(26-30-54)76(10,11)12/h15-44H,1-14H3. The second-order valence-electron chi connectivity index (χ2n) is 25.7. The molecule has 0 bridgehead atoms. The van der Waals surface area contributed by atoms with Crippen LogP contribution in [0.2, 0.25) is 0 Å². The van der Waals surface area contributed by atoms with Gasteiger partial charge in [-0.1, -0.05) is 140 Å². The Morgan fingerprint density at radius 1 is 0.278 bits per heavy atom. The van der Waals surface area contributed by atoms with E-state index in [1.807, 2.05) is 0 Å². The van der Waals surface area contributed by atoms with Crippen molar-refractivity contribution in [3.8, 4) is 11.1 Å². The van der Waals surface area contributed by atoms with E-state index in [2.05, 4.69) is 289 Å². The second-order valence-corrected chi connectivity index (χ2v) is 25.7. The zero-order valence-corrected chi connectivity index (χ0v) is 48.7. The molecule has 13 rings (SSSR count). The molecule has 0 unspecified atom stereocenters. The minimum Gasteiger partial charge on any atom is -0.310 e. The number of anilines is 6. The predicted octanol–water partition coefficient (Wildman–Crippen LogP) is 22.3. The van der Waals surface area contributed by atoms with Gasteiger partial charge in [-0.15, -0.1) is 0 Å². The molecule has 0 saturated carbocycles. The molecule has 2 heteroatoms. The second kappa shape index (κ2) is 17.9. The summed E-state index contributed by atoms with van der Waals surface area (Å²) in [6.07, 6.45) is 0. The number of fused-ring (bicyclic) bond motifs is 15. The highest BCUT2D eigenvalue weighted by Gasteiger charge is 2.37. The molecule has 12 aromatic carbocycles. The summed E-state index contributed by atoms with van der Waals surface area (Å²) in [6.45, 7) is 32.1. The average molecular weight is 1030 g/mol. The highest BCUT2D eigenvalue weighted by molar-refractivity contribution is 6.29. The molecule has 1 aliphatic carbocycles. The molecule has 1 aliphatic rings. The Morgan fingerprint density at radius 3 is 0.886 bits per heavy atom. The fourth-order valence-corrected chi connectivity index (χ4v) is 13.3. The molecule has 0 spiro atoms. The lowest BCUT2D eigenvalue weighted by Gasteiger charge is -2.29. The van der Waals surface area contributed by atoms with Gasteiger partial charge in [0.05, 0.1) is 0 Å². The van der Waals surface area contributed by atoms with Crippen LogP contribution in [-0.4, -0.2) is 0 Å². The van der Waals surface area contributed by atoms with Crippen LogP contribution in [0.4, 0.5) is 34.1 Å². The molecule has 0 atom stereocenters. The molecule has 0 aromatic heterocycles. The topological polar surface area (TPSA) is 6.48 Å². The van der Waals surface area contributed by atoms with Crippen molar-refractivity contribution in [3.05, 3.63) is 238 Å². The van der Waals surface area contributed by atoms with Gasteiger partial charge in [0, 0.05) is 39.5 Å². The normalized spacial score (nSPS) is 13.3. The maximum Gasteiger partial charge on any atom is 0.0468 e. The lowest BCUT2D eigenvalue weighted by Crippen LogP contribution is -2.15. The molecule has 79 heavy (non-hydrogen) atoms. The van der Waals surface area contributed by atoms with E-state index in [1.165, 1.54) is 143 Å². The smallest absolute Gasteiger partial charge is 0.0468 e. The Morgan fingerprint density at radius 2 is 0.557 bits per heavy atom. The van der Waals surface area contributed by atoms with Crippen LogP contribution >= 0.6 is 0 Å². The number of rotatable bonds is 6. The maximum absolute atomic E-state index is 2.56. The number of hydrogen-bond donors (Lipinski definition) is 0. The quantitative estimate of drug-likeness (QED) is 0.153. The first-order chi connectivity index (χ1) is 37.6. The van der Waals surface area contributed by atoms with E-state index in [0.717, 1.165) is 22.7 Å². The van der Waals surface area contributed by atoms with Crippen molar-refractivity contribution in [2.24, 2.45) is 0 Å². The van der Waals surface area contributed by atoms with E-state index in [0.29, 0.717) is 0 Å². The first-order valence-corrected chi connectivity index (χ1v) is 28.5. The van der Waals surface area contributed by atoms with E-state index < -0.39 is 0 Å². The van der Waals surface area contributed by atoms with Crippen LogP contribution in [0.15, 0.2) is 182 Å². The third-order valence-electron chi connectivity index (χ3n) is 18.4. The van der Waals surface area contributed by atoms with Gasteiger partial charge in [0.25, 0.3) is 0 Å². The van der Waals surface area contributed by atoms with Crippen LogP contribution in [0.25, 0.3) is 75.8 Å². The minimum atomic E-state index is -0.253. The molecule has 0 radical (unpaired) electrons. The first kappa shape index (κ1) is 50.3. The zero-order chi connectivity index (χ0) is 55.2. The van der Waals surface area contributed by atoms with Crippen molar-refractivity contribution >= 4 is 98.8 Å². The van der Waals surface area contributed by atoms with E-state index in [1.54, 1.807) is 0 Å². The van der Waals surface area contributed by atoms with Crippen molar-refractivity contribution in [3.63, 3.8) is 0 Å². The van der Waals surface area contributed by atoms with Gasteiger partial charge in [-0.3, -0.25) is 0 Å². The third kappa shape index (κ3) is 8.04. The van der Waals surface area contributed by atoms with Gasteiger partial charge in [-0.25, -0.2) is 0 Å². The van der Waals surface area contributed by atoms with Crippen molar-refractivity contribution in [2.45, 2.75) is 113 Å². The highest BCUT2D eigenvalue weighted by atomic mass is 15.1. The van der Waals surface area contributed by atoms with Gasteiger partial charge in [0.2, 0.25) is 0 Å². The summed E-state index contributed by atoms with van der Waals surface area (Å²) >= 11 is 0. The Hall–Kier alpha value is -8.20. The summed E-state index contributed by atoms with van der Waals surface area (Å²) in [7, 11) is 0. The fourth-order valence-electron chi connectivity index (χ4n) is 13.3. The van der Waals surface area contributed by atoms with Crippen molar-refractivity contribution in [1.29, 1.82) is 0 Å². The average Bonchev–Trinajstić information content (AvgIpc) is 3.87. The Balaban J connectivity index is 0.989. The summed E-state index contributed by atoms with van der Waals surface area (Å²) in [5.74, 6) is 0. The lowest BCUT2D eigenvalue weighted by atomic mass is 9.80. The molecule has 12 aromatic rings. The SMILES string of the molecule is Cc1cc(N(c2cc(C)c(C)c(C)c2)c2ccc3c(c2)c2ccccc2c2cc4c(cc32)C(C)(C)c2cc3c5ccc(N(c6ccc(C(C)(C)C)cc6)c6ccc(C(C)(C)C)cc6)cc5c5ccccc5c3cc2-4)cc(C)c1C. The number of aryl methyl sites for hydroxylation is 4. The van der Waals surface area contributed by atoms with E-state index in [4.69, 9.17) is 0 Å². The van der Waals surface area contributed by atoms with E-state index in [9.17, 15) is 0 Å². The van der Waals surface area contributed by atoms with Gasteiger partial charge >= 0.3 is 0 Å². The largest absolute Gasteiger partial charge is 0.310 e. The van der Waals surface area contributed by atoms with Crippen LogP contribution < -0.4 is 9.80 Å². The van der Waals surface area contributed by atoms with Gasteiger partial charge in [-0.05, 0) is 281 Å². The summed E-state index contributed by atoms with van der Waals surface area (Å²) in [6, 6.07) is 70.6. The van der Waals surface area contributed by atoms with E-state index in [-0.39, 0.29) is 16.2 Å².